The number of hydrogen-bond donors (Lipinski definition) is 2. The van der Waals surface area contributed by atoms with Gasteiger partial charge in [-0.1, -0.05) is 38.1 Å². The van der Waals surface area contributed by atoms with Gasteiger partial charge in [-0.2, -0.15) is 4.31 Å². The van der Waals surface area contributed by atoms with Crippen LogP contribution in [0.4, 0.5) is 4.79 Å². The molecule has 0 saturated heterocycles. The molecule has 0 fully saturated rings. The summed E-state index contributed by atoms with van der Waals surface area (Å²) in [5.41, 5.74) is 1.73. The van der Waals surface area contributed by atoms with Crippen LogP contribution in [0.1, 0.15) is 50.7 Å². The molecule has 0 heterocycles. The number of amides is 1. The summed E-state index contributed by atoms with van der Waals surface area (Å²) in [7, 11) is -3.29. The van der Waals surface area contributed by atoms with E-state index in [9.17, 15) is 13.2 Å². The van der Waals surface area contributed by atoms with Crippen molar-refractivity contribution < 1.29 is 18.3 Å². The molecule has 0 saturated carbocycles. The molecule has 0 spiro atoms. The van der Waals surface area contributed by atoms with Gasteiger partial charge in [0.05, 0.1) is 6.26 Å². The Bertz CT molecular complexity index is 671. The molecule has 1 aromatic carbocycles. The predicted octanol–water partition coefficient (Wildman–Crippen LogP) is 3.12. The summed E-state index contributed by atoms with van der Waals surface area (Å²) in [4.78, 5) is 13.0. The topological polar surface area (TPSA) is 89.9 Å². The molecule has 0 aliphatic heterocycles. The van der Waals surface area contributed by atoms with Gasteiger partial charge in [-0.3, -0.25) is 0 Å². The SMILES string of the molecule is CCCN(CCC)CCCCN(Cc1ccc(CNC(=O)O)cc1)S(C)(=O)=O. The smallest absolute Gasteiger partial charge is 0.404 e. The normalized spacial score (nSPS) is 11.9. The minimum absolute atomic E-state index is 0.234. The molecular weight excluding hydrogens is 378 g/mol. The highest BCUT2D eigenvalue weighted by atomic mass is 32.2. The Morgan fingerprint density at radius 3 is 2.00 bits per heavy atom. The number of sulfonamides is 1. The van der Waals surface area contributed by atoms with E-state index in [0.717, 1.165) is 56.4 Å². The second-order valence-corrected chi connectivity index (χ2v) is 9.10. The van der Waals surface area contributed by atoms with Crippen molar-refractivity contribution in [2.24, 2.45) is 0 Å². The lowest BCUT2D eigenvalue weighted by Gasteiger charge is -2.23. The Morgan fingerprint density at radius 2 is 1.50 bits per heavy atom. The average Bonchev–Trinajstić information content (AvgIpc) is 2.62. The van der Waals surface area contributed by atoms with E-state index in [1.165, 1.54) is 10.6 Å². The Labute approximate surface area is 169 Å². The van der Waals surface area contributed by atoms with Crippen molar-refractivity contribution in [3.63, 3.8) is 0 Å². The number of carboxylic acid groups (broad SMARTS) is 1. The van der Waals surface area contributed by atoms with Gasteiger partial charge in [0.25, 0.3) is 0 Å². The molecule has 0 unspecified atom stereocenters. The Kier molecular flexibility index (Phi) is 11.1. The zero-order chi connectivity index (χ0) is 21.0. The first-order valence-corrected chi connectivity index (χ1v) is 11.8. The van der Waals surface area contributed by atoms with Crippen molar-refractivity contribution in [1.29, 1.82) is 0 Å². The fraction of sp³-hybridized carbons (Fsp3) is 0.650. The third-order valence-electron chi connectivity index (χ3n) is 4.51. The highest BCUT2D eigenvalue weighted by Gasteiger charge is 2.17. The molecule has 8 heteroatoms. The molecule has 160 valence electrons. The number of nitrogens with zero attached hydrogens (tertiary/aromatic N) is 2. The van der Waals surface area contributed by atoms with Crippen molar-refractivity contribution in [2.75, 3.05) is 32.4 Å². The van der Waals surface area contributed by atoms with Crippen LogP contribution >= 0.6 is 0 Å². The number of carbonyl (C=O) groups is 1. The number of benzene rings is 1. The van der Waals surface area contributed by atoms with Crippen LogP contribution in [0.3, 0.4) is 0 Å². The van der Waals surface area contributed by atoms with Crippen LogP contribution in [0.5, 0.6) is 0 Å². The first kappa shape index (κ1) is 24.4. The molecule has 0 aliphatic carbocycles. The van der Waals surface area contributed by atoms with E-state index >= 15 is 0 Å². The van der Waals surface area contributed by atoms with Crippen LogP contribution in [0.25, 0.3) is 0 Å². The largest absolute Gasteiger partial charge is 0.465 e. The molecule has 1 rings (SSSR count). The fourth-order valence-electron chi connectivity index (χ4n) is 3.10. The van der Waals surface area contributed by atoms with E-state index in [1.807, 2.05) is 24.3 Å². The second kappa shape index (κ2) is 12.7. The minimum atomic E-state index is -3.29. The van der Waals surface area contributed by atoms with Crippen LogP contribution in [-0.2, 0) is 23.1 Å². The standard InChI is InChI=1S/C20H35N3O4S/c1-4-12-22(13-5-2)14-6-7-15-23(28(3,26)27)17-19-10-8-18(9-11-19)16-21-20(24)25/h8-11,21H,4-7,12-17H2,1-3H3,(H,24,25). The quantitative estimate of drug-likeness (QED) is 0.457. The maximum atomic E-state index is 12.2. The highest BCUT2D eigenvalue weighted by Crippen LogP contribution is 2.12. The zero-order valence-corrected chi connectivity index (χ0v) is 18.2. The van der Waals surface area contributed by atoms with Crippen LogP contribution in [0, 0.1) is 0 Å². The Hall–Kier alpha value is -1.64. The van der Waals surface area contributed by atoms with Crippen LogP contribution in [0.15, 0.2) is 24.3 Å². The Morgan fingerprint density at radius 1 is 0.964 bits per heavy atom. The van der Waals surface area contributed by atoms with Crippen molar-refractivity contribution in [3.05, 3.63) is 35.4 Å². The first-order valence-electron chi connectivity index (χ1n) is 9.98. The van der Waals surface area contributed by atoms with E-state index in [4.69, 9.17) is 5.11 Å². The van der Waals surface area contributed by atoms with E-state index in [2.05, 4.69) is 24.1 Å². The molecule has 0 aromatic heterocycles. The summed E-state index contributed by atoms with van der Waals surface area (Å²) in [5.74, 6) is 0. The minimum Gasteiger partial charge on any atom is -0.465 e. The van der Waals surface area contributed by atoms with Crippen molar-refractivity contribution in [2.45, 2.75) is 52.6 Å². The molecule has 0 bridgehead atoms. The number of rotatable bonds is 14. The van der Waals surface area contributed by atoms with Gasteiger partial charge in [0.1, 0.15) is 0 Å². The van der Waals surface area contributed by atoms with E-state index < -0.39 is 16.1 Å². The predicted molar refractivity (Wildman–Crippen MR) is 113 cm³/mol. The first-order chi connectivity index (χ1) is 13.3. The van der Waals surface area contributed by atoms with Crippen molar-refractivity contribution >= 4 is 16.1 Å². The van der Waals surface area contributed by atoms with Gasteiger partial charge in [0.2, 0.25) is 10.0 Å². The average molecular weight is 414 g/mol. The van der Waals surface area contributed by atoms with Gasteiger partial charge in [-0.15, -0.1) is 0 Å². The lowest BCUT2D eigenvalue weighted by atomic mass is 10.1. The summed E-state index contributed by atoms with van der Waals surface area (Å²) in [5, 5.41) is 11.0. The summed E-state index contributed by atoms with van der Waals surface area (Å²) in [6, 6.07) is 7.33. The molecule has 2 N–H and O–H groups in total. The lowest BCUT2D eigenvalue weighted by molar-refractivity contribution is 0.194. The van der Waals surface area contributed by atoms with Gasteiger partial charge in [0, 0.05) is 19.6 Å². The van der Waals surface area contributed by atoms with E-state index in [-0.39, 0.29) is 6.54 Å². The molecular formula is C20H35N3O4S. The monoisotopic (exact) mass is 413 g/mol. The fourth-order valence-corrected chi connectivity index (χ4v) is 3.94. The summed E-state index contributed by atoms with van der Waals surface area (Å²) >= 11 is 0. The zero-order valence-electron chi connectivity index (χ0n) is 17.4. The van der Waals surface area contributed by atoms with E-state index in [0.29, 0.717) is 13.1 Å². The number of unbranched alkanes of at least 4 members (excludes halogenated alkanes) is 1. The van der Waals surface area contributed by atoms with Gasteiger partial charge in [-0.25, -0.2) is 13.2 Å². The molecule has 0 radical (unpaired) electrons. The summed E-state index contributed by atoms with van der Waals surface area (Å²) in [6.45, 7) is 8.61. The highest BCUT2D eigenvalue weighted by molar-refractivity contribution is 7.88. The number of nitrogens with one attached hydrogen (secondary N) is 1. The summed E-state index contributed by atoms with van der Waals surface area (Å²) in [6.07, 6.45) is 4.26. The van der Waals surface area contributed by atoms with E-state index in [1.54, 1.807) is 0 Å². The van der Waals surface area contributed by atoms with Gasteiger partial charge < -0.3 is 15.3 Å². The molecule has 28 heavy (non-hydrogen) atoms. The molecule has 7 nitrogen and oxygen atoms in total. The molecule has 1 aromatic rings. The third kappa shape index (κ3) is 10.1. The molecule has 0 atom stereocenters. The number of hydrogen-bond acceptors (Lipinski definition) is 4. The van der Waals surface area contributed by atoms with Crippen LogP contribution < -0.4 is 5.32 Å². The van der Waals surface area contributed by atoms with Gasteiger partial charge >= 0.3 is 6.09 Å². The van der Waals surface area contributed by atoms with Crippen LogP contribution in [-0.4, -0.2) is 61.3 Å². The van der Waals surface area contributed by atoms with Crippen molar-refractivity contribution in [3.8, 4) is 0 Å². The second-order valence-electron chi connectivity index (χ2n) is 7.12. The molecule has 0 aliphatic rings. The maximum Gasteiger partial charge on any atom is 0.404 e. The lowest BCUT2D eigenvalue weighted by Crippen LogP contribution is -2.31. The Balaban J connectivity index is 2.56. The summed E-state index contributed by atoms with van der Waals surface area (Å²) < 4.78 is 25.8. The molecule has 1 amide bonds. The van der Waals surface area contributed by atoms with Gasteiger partial charge in [-0.05, 0) is 56.4 Å². The maximum absolute atomic E-state index is 12.2. The third-order valence-corrected chi connectivity index (χ3v) is 5.76. The van der Waals surface area contributed by atoms with Gasteiger partial charge in [0.15, 0.2) is 0 Å². The van der Waals surface area contributed by atoms with Crippen molar-refractivity contribution in [1.82, 2.24) is 14.5 Å². The van der Waals surface area contributed by atoms with Crippen LogP contribution in [0.2, 0.25) is 0 Å².